The predicted octanol–water partition coefficient (Wildman–Crippen LogP) is 2.97. The molecule has 0 radical (unpaired) electrons. The molecule has 0 bridgehead atoms. The van der Waals surface area contributed by atoms with Gasteiger partial charge in [0.25, 0.3) is 0 Å². The molecular formula is C11H12BrNO5. The second-order valence-corrected chi connectivity index (χ2v) is 4.15. The van der Waals surface area contributed by atoms with Crippen molar-refractivity contribution in [2.75, 3.05) is 14.2 Å². The molecule has 0 heterocycles. The molecule has 0 amide bonds. The zero-order valence-electron chi connectivity index (χ0n) is 10.2. The molecule has 0 aliphatic heterocycles. The molecular weight excluding hydrogens is 306 g/mol. The number of ether oxygens (including phenoxy) is 2. The highest BCUT2D eigenvalue weighted by Gasteiger charge is 2.27. The van der Waals surface area contributed by atoms with Crippen LogP contribution in [-0.2, 0) is 0 Å². The van der Waals surface area contributed by atoms with E-state index in [0.29, 0.717) is 4.47 Å². The van der Waals surface area contributed by atoms with E-state index < -0.39 is 4.92 Å². The van der Waals surface area contributed by atoms with Crippen molar-refractivity contribution in [1.82, 2.24) is 0 Å². The summed E-state index contributed by atoms with van der Waals surface area (Å²) in [5, 5.41) is 11.0. The quantitative estimate of drug-likeness (QED) is 0.474. The Hall–Kier alpha value is -1.63. The number of methoxy groups -OCH3 is 2. The minimum absolute atomic E-state index is 0.0120. The monoisotopic (exact) mass is 317 g/mol. The van der Waals surface area contributed by atoms with E-state index in [1.807, 2.05) is 0 Å². The summed E-state index contributed by atoms with van der Waals surface area (Å²) in [7, 11) is 2.66. The van der Waals surface area contributed by atoms with Gasteiger partial charge in [-0.1, -0.05) is 6.92 Å². The fourth-order valence-electron chi connectivity index (χ4n) is 1.51. The Morgan fingerprint density at radius 3 is 2.33 bits per heavy atom. The number of hydrogen-bond acceptors (Lipinski definition) is 5. The van der Waals surface area contributed by atoms with Crippen LogP contribution in [0.2, 0.25) is 0 Å². The summed E-state index contributed by atoms with van der Waals surface area (Å²) in [6, 6.07) is 1.19. The number of Topliss-reactive ketones (excluding diaryl/α,β-unsaturated/α-hetero) is 1. The molecule has 18 heavy (non-hydrogen) atoms. The molecule has 0 unspecified atom stereocenters. The maximum absolute atomic E-state index is 11.7. The number of carbonyl (C=O) groups excluding carboxylic acids is 1. The number of nitro benzene ring substituents is 1. The van der Waals surface area contributed by atoms with Crippen molar-refractivity contribution in [3.05, 3.63) is 26.2 Å². The smallest absolute Gasteiger partial charge is 0.315 e. The number of nitrogens with zero attached hydrogens (tertiary/aromatic N) is 1. The van der Waals surface area contributed by atoms with Gasteiger partial charge in [0.2, 0.25) is 5.75 Å². The first-order valence-electron chi connectivity index (χ1n) is 5.09. The minimum atomic E-state index is -0.611. The number of halogens is 1. The van der Waals surface area contributed by atoms with Gasteiger partial charge in [0.05, 0.1) is 23.6 Å². The van der Waals surface area contributed by atoms with Crippen molar-refractivity contribution in [1.29, 1.82) is 0 Å². The number of hydrogen-bond donors (Lipinski definition) is 0. The molecule has 0 saturated heterocycles. The Labute approximate surface area is 112 Å². The first kappa shape index (κ1) is 14.4. The van der Waals surface area contributed by atoms with Crippen LogP contribution in [0.5, 0.6) is 11.5 Å². The molecule has 0 aromatic heterocycles. The third kappa shape index (κ3) is 2.45. The lowest BCUT2D eigenvalue weighted by Gasteiger charge is -2.12. The largest absolute Gasteiger partial charge is 0.491 e. The molecule has 7 heteroatoms. The Kier molecular flexibility index (Phi) is 4.66. The first-order valence-corrected chi connectivity index (χ1v) is 5.89. The molecule has 0 aliphatic carbocycles. The van der Waals surface area contributed by atoms with Gasteiger partial charge < -0.3 is 9.47 Å². The number of nitro groups is 1. The molecule has 0 spiro atoms. The van der Waals surface area contributed by atoms with Crippen LogP contribution in [-0.4, -0.2) is 24.9 Å². The summed E-state index contributed by atoms with van der Waals surface area (Å²) in [4.78, 5) is 22.1. The molecule has 0 N–H and O–H groups in total. The van der Waals surface area contributed by atoms with Crippen molar-refractivity contribution in [2.24, 2.45) is 0 Å². The Morgan fingerprint density at radius 1 is 1.39 bits per heavy atom. The summed E-state index contributed by atoms with van der Waals surface area (Å²) in [5.74, 6) is -0.0866. The summed E-state index contributed by atoms with van der Waals surface area (Å²) in [6.45, 7) is 1.68. The van der Waals surface area contributed by atoms with Gasteiger partial charge in [0.1, 0.15) is 0 Å². The van der Waals surface area contributed by atoms with E-state index in [1.54, 1.807) is 6.92 Å². The molecule has 0 aliphatic rings. The van der Waals surface area contributed by atoms with E-state index >= 15 is 0 Å². The molecule has 0 fully saturated rings. The van der Waals surface area contributed by atoms with Crippen LogP contribution >= 0.6 is 15.9 Å². The van der Waals surface area contributed by atoms with Crippen LogP contribution < -0.4 is 9.47 Å². The summed E-state index contributed by atoms with van der Waals surface area (Å²) in [5.41, 5.74) is -0.0869. The highest BCUT2D eigenvalue weighted by molar-refractivity contribution is 9.10. The minimum Gasteiger partial charge on any atom is -0.491 e. The molecule has 0 atom stereocenters. The lowest BCUT2D eigenvalue weighted by atomic mass is 10.1. The molecule has 1 aromatic carbocycles. The Bertz CT molecular complexity index is 501. The Morgan fingerprint density at radius 2 is 1.94 bits per heavy atom. The third-order valence-electron chi connectivity index (χ3n) is 2.38. The summed E-state index contributed by atoms with van der Waals surface area (Å²) in [6.07, 6.45) is 0.241. The third-order valence-corrected chi connectivity index (χ3v) is 3.17. The molecule has 98 valence electrons. The summed E-state index contributed by atoms with van der Waals surface area (Å²) < 4.78 is 10.4. The maximum atomic E-state index is 11.7. The SMILES string of the molecule is CCC(=O)c1cc([N+](=O)[O-])c(OC)c(OC)c1Br. The van der Waals surface area contributed by atoms with Crippen molar-refractivity contribution >= 4 is 27.4 Å². The van der Waals surface area contributed by atoms with Crippen LogP contribution in [0.15, 0.2) is 10.5 Å². The average molecular weight is 318 g/mol. The van der Waals surface area contributed by atoms with E-state index in [-0.39, 0.29) is 35.0 Å². The van der Waals surface area contributed by atoms with E-state index in [1.165, 1.54) is 20.3 Å². The van der Waals surface area contributed by atoms with Gasteiger partial charge >= 0.3 is 5.69 Å². The fourth-order valence-corrected chi connectivity index (χ4v) is 2.19. The zero-order chi connectivity index (χ0) is 13.9. The molecule has 0 saturated carbocycles. The van der Waals surface area contributed by atoms with Gasteiger partial charge in [-0.2, -0.15) is 0 Å². The fraction of sp³-hybridized carbons (Fsp3) is 0.364. The van der Waals surface area contributed by atoms with Crippen LogP contribution in [0.1, 0.15) is 23.7 Å². The van der Waals surface area contributed by atoms with E-state index in [9.17, 15) is 14.9 Å². The number of benzene rings is 1. The lowest BCUT2D eigenvalue weighted by molar-refractivity contribution is -0.385. The topological polar surface area (TPSA) is 78.7 Å². The Balaban J connectivity index is 3.63. The van der Waals surface area contributed by atoms with Gasteiger partial charge in [-0.15, -0.1) is 0 Å². The van der Waals surface area contributed by atoms with Crippen LogP contribution in [0.4, 0.5) is 5.69 Å². The molecule has 1 aromatic rings. The van der Waals surface area contributed by atoms with Crippen LogP contribution in [0.25, 0.3) is 0 Å². The molecule has 1 rings (SSSR count). The van der Waals surface area contributed by atoms with Crippen LogP contribution in [0.3, 0.4) is 0 Å². The van der Waals surface area contributed by atoms with E-state index in [4.69, 9.17) is 9.47 Å². The van der Waals surface area contributed by atoms with Crippen molar-refractivity contribution in [2.45, 2.75) is 13.3 Å². The normalized spacial score (nSPS) is 10.0. The maximum Gasteiger partial charge on any atom is 0.315 e. The van der Waals surface area contributed by atoms with Gasteiger partial charge in [0, 0.05) is 18.1 Å². The van der Waals surface area contributed by atoms with E-state index in [0.717, 1.165) is 0 Å². The van der Waals surface area contributed by atoms with Crippen LogP contribution in [0, 0.1) is 10.1 Å². The zero-order valence-corrected chi connectivity index (χ0v) is 11.7. The standard InChI is InChI=1S/C11H12BrNO5/c1-4-8(14)6-5-7(13(15)16)10(17-2)11(18-3)9(6)12/h5H,4H2,1-3H3. The highest BCUT2D eigenvalue weighted by atomic mass is 79.9. The first-order chi connectivity index (χ1) is 8.47. The summed E-state index contributed by atoms with van der Waals surface area (Å²) >= 11 is 3.21. The van der Waals surface area contributed by atoms with Crippen molar-refractivity contribution < 1.29 is 19.2 Å². The van der Waals surface area contributed by atoms with Gasteiger partial charge in [-0.3, -0.25) is 14.9 Å². The second kappa shape index (κ2) is 5.81. The van der Waals surface area contributed by atoms with E-state index in [2.05, 4.69) is 15.9 Å². The van der Waals surface area contributed by atoms with Gasteiger partial charge in [0.15, 0.2) is 11.5 Å². The second-order valence-electron chi connectivity index (χ2n) is 3.36. The average Bonchev–Trinajstić information content (AvgIpc) is 2.36. The van der Waals surface area contributed by atoms with Crippen molar-refractivity contribution in [3.63, 3.8) is 0 Å². The van der Waals surface area contributed by atoms with Gasteiger partial charge in [-0.25, -0.2) is 0 Å². The number of carbonyl (C=O) groups is 1. The predicted molar refractivity (Wildman–Crippen MR) is 68.5 cm³/mol. The lowest BCUT2D eigenvalue weighted by Crippen LogP contribution is -2.04. The number of ketones is 1. The highest BCUT2D eigenvalue weighted by Crippen LogP contribution is 2.44. The molecule has 6 nitrogen and oxygen atoms in total. The number of rotatable bonds is 5. The van der Waals surface area contributed by atoms with Gasteiger partial charge in [-0.05, 0) is 15.9 Å². The van der Waals surface area contributed by atoms with Crippen molar-refractivity contribution in [3.8, 4) is 11.5 Å².